The average Bonchev–Trinajstić information content (AvgIpc) is 2.74. The summed E-state index contributed by atoms with van der Waals surface area (Å²) in [6.07, 6.45) is 6.14. The third-order valence-electron chi connectivity index (χ3n) is 6.13. The summed E-state index contributed by atoms with van der Waals surface area (Å²) in [5, 5.41) is 0. The molecule has 4 rings (SSSR count). The van der Waals surface area contributed by atoms with Crippen molar-refractivity contribution in [3.05, 3.63) is 65.7 Å². The van der Waals surface area contributed by atoms with Crippen LogP contribution in [-0.4, -0.2) is 44.2 Å². The molecule has 1 saturated heterocycles. The molecular formula is C24H30N2O. The molecular weight excluding hydrogens is 332 g/mol. The maximum atomic E-state index is 5.54. The number of anilines is 1. The molecule has 0 N–H and O–H groups in total. The monoisotopic (exact) mass is 362 g/mol. The fraction of sp³-hybridized carbons (Fsp3) is 0.417. The normalized spacial score (nSPS) is 21.0. The lowest BCUT2D eigenvalue weighted by molar-refractivity contribution is 0.175. The highest BCUT2D eigenvalue weighted by atomic mass is 16.5. The van der Waals surface area contributed by atoms with E-state index >= 15 is 0 Å². The van der Waals surface area contributed by atoms with Crippen molar-refractivity contribution in [2.24, 2.45) is 0 Å². The predicted molar refractivity (Wildman–Crippen MR) is 114 cm³/mol. The van der Waals surface area contributed by atoms with E-state index in [1.165, 1.54) is 41.6 Å². The van der Waals surface area contributed by atoms with Crippen molar-refractivity contribution in [3.8, 4) is 5.75 Å². The third-order valence-corrected chi connectivity index (χ3v) is 6.13. The summed E-state index contributed by atoms with van der Waals surface area (Å²) in [6, 6.07) is 17.8. The van der Waals surface area contributed by atoms with Gasteiger partial charge in [0.1, 0.15) is 5.75 Å². The lowest BCUT2D eigenvalue weighted by Crippen LogP contribution is -2.50. The molecule has 0 spiro atoms. The zero-order valence-electron chi connectivity index (χ0n) is 16.5. The maximum Gasteiger partial charge on any atom is 0.142 e. The van der Waals surface area contributed by atoms with Crippen LogP contribution in [0.4, 0.5) is 5.69 Å². The maximum absolute atomic E-state index is 5.54. The van der Waals surface area contributed by atoms with Gasteiger partial charge in [-0.2, -0.15) is 0 Å². The predicted octanol–water partition coefficient (Wildman–Crippen LogP) is 4.76. The number of para-hydroxylation sites is 2. The van der Waals surface area contributed by atoms with Crippen molar-refractivity contribution >= 4 is 11.3 Å². The molecule has 2 aromatic rings. The molecule has 1 unspecified atom stereocenters. The number of allylic oxidation sites excluding steroid dienone is 1. The second-order valence-electron chi connectivity index (χ2n) is 7.67. The van der Waals surface area contributed by atoms with Gasteiger partial charge in [0, 0.05) is 32.2 Å². The van der Waals surface area contributed by atoms with Crippen LogP contribution in [0.5, 0.6) is 5.75 Å². The fourth-order valence-electron chi connectivity index (χ4n) is 4.55. The van der Waals surface area contributed by atoms with Gasteiger partial charge in [0.05, 0.1) is 12.8 Å². The quantitative estimate of drug-likeness (QED) is 0.780. The van der Waals surface area contributed by atoms with E-state index in [1.54, 1.807) is 7.11 Å². The van der Waals surface area contributed by atoms with Crippen LogP contribution in [0.25, 0.3) is 5.57 Å². The third kappa shape index (κ3) is 3.89. The van der Waals surface area contributed by atoms with Gasteiger partial charge in [-0.25, -0.2) is 0 Å². The van der Waals surface area contributed by atoms with E-state index in [4.69, 9.17) is 4.74 Å². The van der Waals surface area contributed by atoms with E-state index in [0.29, 0.717) is 6.04 Å². The molecule has 3 nitrogen and oxygen atoms in total. The van der Waals surface area contributed by atoms with Crippen LogP contribution < -0.4 is 9.64 Å². The number of aryl methyl sites for hydroxylation is 1. The second kappa shape index (κ2) is 8.18. The lowest BCUT2D eigenvalue weighted by Gasteiger charge is -2.41. The number of rotatable bonds is 4. The van der Waals surface area contributed by atoms with Crippen molar-refractivity contribution in [1.29, 1.82) is 0 Å². The number of methoxy groups -OCH3 is 1. The molecule has 1 aliphatic carbocycles. The van der Waals surface area contributed by atoms with Crippen LogP contribution in [0.1, 0.15) is 30.4 Å². The smallest absolute Gasteiger partial charge is 0.142 e. The van der Waals surface area contributed by atoms with Gasteiger partial charge >= 0.3 is 0 Å². The van der Waals surface area contributed by atoms with Gasteiger partial charge in [-0.15, -0.1) is 0 Å². The van der Waals surface area contributed by atoms with Crippen molar-refractivity contribution in [2.75, 3.05) is 38.2 Å². The molecule has 1 atom stereocenters. The molecule has 27 heavy (non-hydrogen) atoms. The summed E-state index contributed by atoms with van der Waals surface area (Å²) in [5.74, 6) is 0.981. The Balaban J connectivity index is 1.36. The van der Waals surface area contributed by atoms with Crippen LogP contribution in [0.2, 0.25) is 0 Å². The Hall–Kier alpha value is -2.26. The first-order valence-electron chi connectivity index (χ1n) is 10.1. The van der Waals surface area contributed by atoms with Gasteiger partial charge in [0.25, 0.3) is 0 Å². The molecule has 3 heteroatoms. The highest BCUT2D eigenvalue weighted by Crippen LogP contribution is 2.33. The number of benzene rings is 2. The van der Waals surface area contributed by atoms with E-state index < -0.39 is 0 Å². The fourth-order valence-corrected chi connectivity index (χ4v) is 4.55. The summed E-state index contributed by atoms with van der Waals surface area (Å²) in [5.41, 5.74) is 5.60. The molecule has 142 valence electrons. The minimum absolute atomic E-state index is 0.692. The number of piperazine rings is 1. The minimum atomic E-state index is 0.692. The van der Waals surface area contributed by atoms with Gasteiger partial charge < -0.3 is 9.64 Å². The average molecular weight is 363 g/mol. The molecule has 0 bridgehead atoms. The van der Waals surface area contributed by atoms with Crippen LogP contribution in [0.3, 0.4) is 0 Å². The van der Waals surface area contributed by atoms with E-state index in [1.807, 2.05) is 6.07 Å². The van der Waals surface area contributed by atoms with Gasteiger partial charge in [-0.05, 0) is 55.0 Å². The Kier molecular flexibility index (Phi) is 5.49. The first-order chi connectivity index (χ1) is 13.3. The number of ether oxygens (including phenoxy) is 1. The zero-order chi connectivity index (χ0) is 18.6. The van der Waals surface area contributed by atoms with Gasteiger partial charge in [0.2, 0.25) is 0 Å². The van der Waals surface area contributed by atoms with Crippen LogP contribution in [0, 0.1) is 6.92 Å². The van der Waals surface area contributed by atoms with Gasteiger partial charge in [0.15, 0.2) is 0 Å². The Bertz CT molecular complexity index is 806. The molecule has 2 aliphatic rings. The summed E-state index contributed by atoms with van der Waals surface area (Å²) in [4.78, 5) is 5.16. The molecule has 2 aromatic carbocycles. The minimum Gasteiger partial charge on any atom is -0.495 e. The number of hydrogen-bond donors (Lipinski definition) is 0. The Morgan fingerprint density at radius 1 is 0.926 bits per heavy atom. The van der Waals surface area contributed by atoms with Gasteiger partial charge in [-0.1, -0.05) is 42.5 Å². The summed E-state index contributed by atoms with van der Waals surface area (Å²) in [6.45, 7) is 6.64. The van der Waals surface area contributed by atoms with Crippen molar-refractivity contribution in [1.82, 2.24) is 4.90 Å². The van der Waals surface area contributed by atoms with E-state index in [-0.39, 0.29) is 0 Å². The number of nitrogens with zero attached hydrogens (tertiary/aromatic N) is 2. The molecule has 1 heterocycles. The topological polar surface area (TPSA) is 15.7 Å². The van der Waals surface area contributed by atoms with E-state index in [0.717, 1.165) is 31.9 Å². The highest BCUT2D eigenvalue weighted by molar-refractivity contribution is 5.68. The lowest BCUT2D eigenvalue weighted by atomic mass is 9.88. The van der Waals surface area contributed by atoms with Crippen LogP contribution >= 0.6 is 0 Å². The van der Waals surface area contributed by atoms with E-state index in [9.17, 15) is 0 Å². The summed E-state index contributed by atoms with van der Waals surface area (Å²) in [7, 11) is 1.76. The molecule has 0 amide bonds. The van der Waals surface area contributed by atoms with Gasteiger partial charge in [-0.3, -0.25) is 4.90 Å². The largest absolute Gasteiger partial charge is 0.495 e. The first-order valence-corrected chi connectivity index (χ1v) is 10.1. The second-order valence-corrected chi connectivity index (χ2v) is 7.67. The zero-order valence-corrected chi connectivity index (χ0v) is 16.5. The Morgan fingerprint density at radius 3 is 2.37 bits per heavy atom. The molecule has 0 saturated carbocycles. The SMILES string of the molecule is COc1ccccc1N1CCN(C2CC=C(c3ccccc3C)CC2)CC1. The Labute approximate surface area is 163 Å². The Morgan fingerprint density at radius 2 is 1.67 bits per heavy atom. The van der Waals surface area contributed by atoms with Crippen molar-refractivity contribution < 1.29 is 4.74 Å². The first kappa shape index (κ1) is 18.1. The molecule has 1 aliphatic heterocycles. The number of hydrogen-bond acceptors (Lipinski definition) is 3. The van der Waals surface area contributed by atoms with Crippen LogP contribution in [0.15, 0.2) is 54.6 Å². The standard InChI is InChI=1S/C24H30N2O/c1-19-7-3-4-8-22(19)20-11-13-21(14-12-20)25-15-17-26(18-16-25)23-9-5-6-10-24(23)27-2/h3-11,21H,12-18H2,1-2H3. The summed E-state index contributed by atoms with van der Waals surface area (Å²) >= 11 is 0. The van der Waals surface area contributed by atoms with Crippen molar-refractivity contribution in [2.45, 2.75) is 32.2 Å². The molecule has 1 fully saturated rings. The molecule has 0 aromatic heterocycles. The highest BCUT2D eigenvalue weighted by Gasteiger charge is 2.26. The van der Waals surface area contributed by atoms with Crippen LogP contribution in [-0.2, 0) is 0 Å². The van der Waals surface area contributed by atoms with Crippen molar-refractivity contribution in [3.63, 3.8) is 0 Å². The molecule has 0 radical (unpaired) electrons. The summed E-state index contributed by atoms with van der Waals surface area (Å²) < 4.78 is 5.54. The van der Waals surface area contributed by atoms with E-state index in [2.05, 4.69) is 65.3 Å².